The van der Waals surface area contributed by atoms with Gasteiger partial charge in [-0.15, -0.1) is 11.3 Å². The molecule has 9 aromatic carbocycles. The number of hydrogen-bond donors (Lipinski definition) is 0. The zero-order chi connectivity index (χ0) is 32.8. The van der Waals surface area contributed by atoms with Gasteiger partial charge >= 0.3 is 0 Å². The predicted molar refractivity (Wildman–Crippen MR) is 217 cm³/mol. The summed E-state index contributed by atoms with van der Waals surface area (Å²) in [6.07, 6.45) is 0. The summed E-state index contributed by atoms with van der Waals surface area (Å²) in [4.78, 5) is 0. The van der Waals surface area contributed by atoms with Gasteiger partial charge in [-0.2, -0.15) is 0 Å². The Kier molecular flexibility index (Phi) is 5.89. The molecule has 0 fully saturated rings. The number of thiophene rings is 1. The highest BCUT2D eigenvalue weighted by atomic mass is 32.1. The maximum atomic E-state index is 2.48. The second-order valence-corrected chi connectivity index (χ2v) is 14.3. The highest BCUT2D eigenvalue weighted by Crippen LogP contribution is 2.46. The van der Waals surface area contributed by atoms with E-state index in [1.165, 1.54) is 102 Å². The van der Waals surface area contributed by atoms with Crippen molar-refractivity contribution in [1.82, 2.24) is 4.57 Å². The number of fused-ring (bicyclic) bond motifs is 10. The van der Waals surface area contributed by atoms with E-state index in [0.29, 0.717) is 0 Å². The maximum absolute atomic E-state index is 2.48. The molecule has 50 heavy (non-hydrogen) atoms. The normalized spacial score (nSPS) is 12.0. The van der Waals surface area contributed by atoms with Gasteiger partial charge in [0.2, 0.25) is 0 Å². The lowest BCUT2D eigenvalue weighted by atomic mass is 9.85. The van der Waals surface area contributed by atoms with Crippen molar-refractivity contribution in [3.8, 4) is 27.9 Å². The van der Waals surface area contributed by atoms with E-state index in [4.69, 9.17) is 0 Å². The van der Waals surface area contributed by atoms with Crippen LogP contribution >= 0.6 is 11.3 Å². The molecule has 0 amide bonds. The SMILES string of the molecule is c1ccc2cc(-c3c4ccccc4c(-c4ccc(-n5c6ccccc6c6ccc7c8ccccc8sc7c65)cc4)c4ccccc34)ccc2c1. The van der Waals surface area contributed by atoms with Crippen molar-refractivity contribution in [2.75, 3.05) is 0 Å². The summed E-state index contributed by atoms with van der Waals surface area (Å²) >= 11 is 1.90. The largest absolute Gasteiger partial charge is 0.308 e. The van der Waals surface area contributed by atoms with Crippen LogP contribution in [0.2, 0.25) is 0 Å². The molecular formula is C48H29NS. The van der Waals surface area contributed by atoms with Gasteiger partial charge < -0.3 is 4.57 Å². The van der Waals surface area contributed by atoms with E-state index in [0.717, 1.165) is 0 Å². The monoisotopic (exact) mass is 651 g/mol. The van der Waals surface area contributed by atoms with Crippen LogP contribution in [-0.4, -0.2) is 4.57 Å². The lowest BCUT2D eigenvalue weighted by Crippen LogP contribution is -1.95. The number of benzene rings is 9. The molecule has 2 heteroatoms. The molecule has 232 valence electrons. The summed E-state index contributed by atoms with van der Waals surface area (Å²) in [5, 5.41) is 12.8. The van der Waals surface area contributed by atoms with Gasteiger partial charge in [0.25, 0.3) is 0 Å². The lowest BCUT2D eigenvalue weighted by Gasteiger charge is -2.18. The predicted octanol–water partition coefficient (Wildman–Crippen LogP) is 13.9. The molecule has 0 saturated heterocycles. The van der Waals surface area contributed by atoms with Gasteiger partial charge in [-0.05, 0) is 84.9 Å². The van der Waals surface area contributed by atoms with Crippen molar-refractivity contribution >= 4 is 85.6 Å². The summed E-state index contributed by atoms with van der Waals surface area (Å²) in [5.41, 5.74) is 8.73. The van der Waals surface area contributed by atoms with Gasteiger partial charge in [0.05, 0.1) is 15.7 Å². The fraction of sp³-hybridized carbons (Fsp3) is 0. The molecule has 0 aliphatic carbocycles. The van der Waals surface area contributed by atoms with Crippen molar-refractivity contribution in [2.24, 2.45) is 0 Å². The molecule has 0 N–H and O–H groups in total. The van der Waals surface area contributed by atoms with Crippen LogP contribution in [0, 0.1) is 0 Å². The molecule has 0 aliphatic heterocycles. The standard InChI is InChI=1S/C48H29NS/c1-2-12-32-29-33(22-21-30(32)11-1)46-39-17-5-3-15-37(39)45(38-16-4-6-18-40(38)46)31-23-25-34(26-24-31)49-43-19-9-7-13-35(43)41-27-28-42-36-14-8-10-20-44(36)50-48(42)47(41)49/h1-29H. The van der Waals surface area contributed by atoms with E-state index in [1.54, 1.807) is 0 Å². The van der Waals surface area contributed by atoms with E-state index < -0.39 is 0 Å². The summed E-state index contributed by atoms with van der Waals surface area (Å²) in [6.45, 7) is 0. The minimum Gasteiger partial charge on any atom is -0.308 e. The minimum atomic E-state index is 1.17. The number of rotatable bonds is 3. The minimum absolute atomic E-state index is 1.17. The van der Waals surface area contributed by atoms with E-state index in [9.17, 15) is 0 Å². The maximum Gasteiger partial charge on any atom is 0.0719 e. The van der Waals surface area contributed by atoms with Gasteiger partial charge in [0, 0.05) is 31.9 Å². The average Bonchev–Trinajstić information content (AvgIpc) is 3.73. The van der Waals surface area contributed by atoms with Crippen molar-refractivity contribution < 1.29 is 0 Å². The molecule has 1 nitrogen and oxygen atoms in total. The van der Waals surface area contributed by atoms with Crippen molar-refractivity contribution in [2.45, 2.75) is 0 Å². The highest BCUT2D eigenvalue weighted by molar-refractivity contribution is 7.26. The Bertz CT molecular complexity index is 3080. The van der Waals surface area contributed by atoms with Gasteiger partial charge in [-0.25, -0.2) is 0 Å². The second kappa shape index (κ2) is 10.6. The summed E-state index contributed by atoms with van der Waals surface area (Å²) in [5.74, 6) is 0. The smallest absolute Gasteiger partial charge is 0.0719 e. The zero-order valence-corrected chi connectivity index (χ0v) is 27.9. The van der Waals surface area contributed by atoms with E-state index >= 15 is 0 Å². The second-order valence-electron chi connectivity index (χ2n) is 13.2. The lowest BCUT2D eigenvalue weighted by molar-refractivity contribution is 1.19. The summed E-state index contributed by atoms with van der Waals surface area (Å²) < 4.78 is 5.14. The van der Waals surface area contributed by atoms with Crippen LogP contribution in [0.15, 0.2) is 176 Å². The first-order valence-electron chi connectivity index (χ1n) is 17.2. The van der Waals surface area contributed by atoms with Crippen LogP contribution in [0.4, 0.5) is 0 Å². The Balaban J connectivity index is 1.15. The third-order valence-corrected chi connectivity index (χ3v) is 11.8. The van der Waals surface area contributed by atoms with Crippen LogP contribution in [0.3, 0.4) is 0 Å². The topological polar surface area (TPSA) is 4.93 Å². The van der Waals surface area contributed by atoms with Gasteiger partial charge in [-0.1, -0.05) is 146 Å². The van der Waals surface area contributed by atoms with Gasteiger partial charge in [0.1, 0.15) is 0 Å². The van der Waals surface area contributed by atoms with Crippen molar-refractivity contribution in [3.05, 3.63) is 176 Å². The first-order valence-corrected chi connectivity index (χ1v) is 18.0. The van der Waals surface area contributed by atoms with E-state index in [2.05, 4.69) is 180 Å². The van der Waals surface area contributed by atoms with Crippen LogP contribution in [0.5, 0.6) is 0 Å². The first-order chi connectivity index (χ1) is 24.8. The molecule has 0 radical (unpaired) electrons. The molecule has 0 aliphatic rings. The quantitative estimate of drug-likeness (QED) is 0.168. The van der Waals surface area contributed by atoms with Crippen molar-refractivity contribution in [1.29, 1.82) is 0 Å². The van der Waals surface area contributed by atoms with E-state index in [-0.39, 0.29) is 0 Å². The third-order valence-electron chi connectivity index (χ3n) is 10.6. The van der Waals surface area contributed by atoms with Gasteiger partial charge in [0.15, 0.2) is 0 Å². The third kappa shape index (κ3) is 3.94. The zero-order valence-electron chi connectivity index (χ0n) is 27.1. The summed E-state index contributed by atoms with van der Waals surface area (Å²) in [6, 6.07) is 64.9. The fourth-order valence-corrected chi connectivity index (χ4v) is 9.61. The molecular weight excluding hydrogens is 623 g/mol. The molecule has 0 bridgehead atoms. The molecule has 2 heterocycles. The molecule has 11 aromatic rings. The number of nitrogens with zero attached hydrogens (tertiary/aromatic N) is 1. The Labute approximate surface area is 292 Å². The molecule has 0 spiro atoms. The molecule has 0 atom stereocenters. The summed E-state index contributed by atoms with van der Waals surface area (Å²) in [7, 11) is 0. The van der Waals surface area contributed by atoms with E-state index in [1.807, 2.05) is 11.3 Å². The fourth-order valence-electron chi connectivity index (χ4n) is 8.37. The number of hydrogen-bond acceptors (Lipinski definition) is 1. The average molecular weight is 652 g/mol. The molecule has 2 aromatic heterocycles. The highest BCUT2D eigenvalue weighted by Gasteiger charge is 2.19. The first kappa shape index (κ1) is 27.7. The van der Waals surface area contributed by atoms with Crippen LogP contribution < -0.4 is 0 Å². The Morgan fingerprint density at radius 3 is 1.62 bits per heavy atom. The number of para-hydroxylation sites is 1. The van der Waals surface area contributed by atoms with Gasteiger partial charge in [-0.3, -0.25) is 0 Å². The van der Waals surface area contributed by atoms with Crippen LogP contribution in [-0.2, 0) is 0 Å². The molecule has 0 saturated carbocycles. The van der Waals surface area contributed by atoms with Crippen LogP contribution in [0.1, 0.15) is 0 Å². The van der Waals surface area contributed by atoms with Crippen LogP contribution in [0.25, 0.3) is 102 Å². The Morgan fingerprint density at radius 2 is 0.900 bits per heavy atom. The molecule has 0 unspecified atom stereocenters. The number of aromatic nitrogens is 1. The Hall–Kier alpha value is -6.22. The van der Waals surface area contributed by atoms with Crippen molar-refractivity contribution in [3.63, 3.8) is 0 Å². The Morgan fingerprint density at radius 1 is 0.360 bits per heavy atom. The molecule has 11 rings (SSSR count).